The van der Waals surface area contributed by atoms with Crippen LogP contribution in [0.5, 0.6) is 0 Å². The molecule has 5 nitrogen and oxygen atoms in total. The quantitative estimate of drug-likeness (QED) is 0.844. The topological polar surface area (TPSA) is 66.5 Å². The van der Waals surface area contributed by atoms with Gasteiger partial charge in [-0.1, -0.05) is 18.2 Å². The summed E-state index contributed by atoms with van der Waals surface area (Å²) >= 11 is 1.58. The van der Waals surface area contributed by atoms with Gasteiger partial charge in [0.05, 0.1) is 6.04 Å². The fraction of sp³-hybridized carbons (Fsp3) is 0.389. The van der Waals surface area contributed by atoms with Crippen molar-refractivity contribution in [2.45, 2.75) is 30.7 Å². The van der Waals surface area contributed by atoms with Gasteiger partial charge in [-0.15, -0.1) is 11.3 Å². The maximum Gasteiger partial charge on any atom is 0.245 e. The predicted molar refractivity (Wildman–Crippen MR) is 98.8 cm³/mol. The van der Waals surface area contributed by atoms with E-state index < -0.39 is 15.8 Å². The lowest BCUT2D eigenvalue weighted by atomic mass is 9.97. The van der Waals surface area contributed by atoms with Gasteiger partial charge < -0.3 is 5.32 Å². The van der Waals surface area contributed by atoms with Gasteiger partial charge >= 0.3 is 0 Å². The van der Waals surface area contributed by atoms with E-state index in [9.17, 15) is 17.6 Å². The summed E-state index contributed by atoms with van der Waals surface area (Å²) in [5, 5.41) is 4.95. The molecule has 3 rings (SSSR count). The molecule has 1 aliphatic rings. The fourth-order valence-corrected chi connectivity index (χ4v) is 5.36. The van der Waals surface area contributed by atoms with Crippen molar-refractivity contribution >= 4 is 27.3 Å². The van der Waals surface area contributed by atoms with E-state index in [1.165, 1.54) is 22.5 Å². The van der Waals surface area contributed by atoms with Crippen molar-refractivity contribution in [1.29, 1.82) is 0 Å². The van der Waals surface area contributed by atoms with Gasteiger partial charge in [-0.3, -0.25) is 4.79 Å². The Labute approximate surface area is 156 Å². The SMILES string of the molecule is C[C@H](NC(=O)C1CCN(S(=O)(=O)c2ccccc2F)CC1)c1cccs1. The number of hydrogen-bond acceptors (Lipinski definition) is 4. The van der Waals surface area contributed by atoms with Crippen LogP contribution in [-0.4, -0.2) is 31.7 Å². The van der Waals surface area contributed by atoms with E-state index in [0.717, 1.165) is 10.9 Å². The van der Waals surface area contributed by atoms with Crippen LogP contribution < -0.4 is 5.32 Å². The highest BCUT2D eigenvalue weighted by molar-refractivity contribution is 7.89. The van der Waals surface area contributed by atoms with Crippen LogP contribution in [-0.2, 0) is 14.8 Å². The lowest BCUT2D eigenvalue weighted by Gasteiger charge is -2.31. The number of carbonyl (C=O) groups excluding carboxylic acids is 1. The number of piperidine rings is 1. The normalized spacial score (nSPS) is 17.8. The maximum atomic E-state index is 13.9. The summed E-state index contributed by atoms with van der Waals surface area (Å²) in [6.07, 6.45) is 0.855. The van der Waals surface area contributed by atoms with Gasteiger partial charge in [0, 0.05) is 23.9 Å². The fourth-order valence-electron chi connectivity index (χ4n) is 3.09. The number of hydrogen-bond donors (Lipinski definition) is 1. The molecule has 2 heterocycles. The summed E-state index contributed by atoms with van der Waals surface area (Å²) in [5.41, 5.74) is 0. The monoisotopic (exact) mass is 396 g/mol. The van der Waals surface area contributed by atoms with Crippen LogP contribution in [0.3, 0.4) is 0 Å². The molecule has 0 aliphatic carbocycles. The molecule has 1 atom stereocenters. The summed E-state index contributed by atoms with van der Waals surface area (Å²) in [7, 11) is -3.87. The van der Waals surface area contributed by atoms with Crippen LogP contribution in [0.25, 0.3) is 0 Å². The van der Waals surface area contributed by atoms with Gasteiger partial charge in [0.2, 0.25) is 15.9 Å². The number of benzene rings is 1. The number of nitrogens with one attached hydrogen (secondary N) is 1. The van der Waals surface area contributed by atoms with E-state index in [2.05, 4.69) is 5.32 Å². The largest absolute Gasteiger partial charge is 0.349 e. The molecule has 1 aromatic carbocycles. The molecule has 0 saturated carbocycles. The average Bonchev–Trinajstić information content (AvgIpc) is 3.17. The van der Waals surface area contributed by atoms with E-state index >= 15 is 0 Å². The van der Waals surface area contributed by atoms with Crippen molar-refractivity contribution in [3.63, 3.8) is 0 Å². The van der Waals surface area contributed by atoms with Gasteiger partial charge in [-0.25, -0.2) is 12.8 Å². The summed E-state index contributed by atoms with van der Waals surface area (Å²) < 4.78 is 40.3. The molecule has 1 aliphatic heterocycles. The minimum atomic E-state index is -3.87. The van der Waals surface area contributed by atoms with Crippen LogP contribution >= 0.6 is 11.3 Å². The number of carbonyl (C=O) groups is 1. The van der Waals surface area contributed by atoms with Gasteiger partial charge in [0.25, 0.3) is 0 Å². The second-order valence-corrected chi connectivity index (χ2v) is 9.24. The van der Waals surface area contributed by atoms with Gasteiger partial charge in [0.15, 0.2) is 0 Å². The Bertz CT molecular complexity index is 860. The molecular weight excluding hydrogens is 375 g/mol. The first kappa shape index (κ1) is 19.0. The third-order valence-electron chi connectivity index (χ3n) is 4.61. The number of rotatable bonds is 5. The lowest BCUT2D eigenvalue weighted by Crippen LogP contribution is -2.43. The van der Waals surface area contributed by atoms with E-state index in [1.807, 2.05) is 24.4 Å². The van der Waals surface area contributed by atoms with Crippen molar-refractivity contribution in [3.05, 3.63) is 52.5 Å². The zero-order valence-electron chi connectivity index (χ0n) is 14.4. The van der Waals surface area contributed by atoms with Gasteiger partial charge in [-0.05, 0) is 43.3 Å². The summed E-state index contributed by atoms with van der Waals surface area (Å²) in [6.45, 7) is 2.35. The van der Waals surface area contributed by atoms with Gasteiger partial charge in [-0.2, -0.15) is 4.31 Å². The summed E-state index contributed by atoms with van der Waals surface area (Å²) in [5.74, 6) is -1.05. The van der Waals surface area contributed by atoms with E-state index in [0.29, 0.717) is 12.8 Å². The number of nitrogens with zero attached hydrogens (tertiary/aromatic N) is 1. The third kappa shape index (κ3) is 3.97. The molecule has 1 fully saturated rings. The molecule has 0 radical (unpaired) electrons. The highest BCUT2D eigenvalue weighted by atomic mass is 32.2. The lowest BCUT2D eigenvalue weighted by molar-refractivity contribution is -0.126. The molecule has 0 unspecified atom stereocenters. The van der Waals surface area contributed by atoms with Crippen molar-refractivity contribution in [3.8, 4) is 0 Å². The minimum Gasteiger partial charge on any atom is -0.349 e. The highest BCUT2D eigenvalue weighted by Crippen LogP contribution is 2.26. The number of sulfonamides is 1. The van der Waals surface area contributed by atoms with E-state index in [1.54, 1.807) is 11.3 Å². The molecular formula is C18H21FN2O3S2. The van der Waals surface area contributed by atoms with Crippen molar-refractivity contribution in [1.82, 2.24) is 9.62 Å². The number of thiophene rings is 1. The molecule has 2 aromatic rings. The summed E-state index contributed by atoms with van der Waals surface area (Å²) in [4.78, 5) is 13.2. The first-order chi connectivity index (χ1) is 12.4. The van der Waals surface area contributed by atoms with Crippen molar-refractivity contribution in [2.24, 2.45) is 5.92 Å². The molecule has 1 amide bonds. The summed E-state index contributed by atoms with van der Waals surface area (Å²) in [6, 6.07) is 9.21. The van der Waals surface area contributed by atoms with E-state index in [4.69, 9.17) is 0 Å². The van der Waals surface area contributed by atoms with Crippen LogP contribution in [0.2, 0.25) is 0 Å². The van der Waals surface area contributed by atoms with Crippen LogP contribution in [0.1, 0.15) is 30.7 Å². The molecule has 0 bridgehead atoms. The predicted octanol–water partition coefficient (Wildman–Crippen LogP) is 3.17. The Morgan fingerprint density at radius 3 is 2.54 bits per heavy atom. The molecule has 1 saturated heterocycles. The first-order valence-electron chi connectivity index (χ1n) is 8.48. The Kier molecular flexibility index (Phi) is 5.74. The molecule has 8 heteroatoms. The second kappa shape index (κ2) is 7.85. The Morgan fingerprint density at radius 1 is 1.23 bits per heavy atom. The zero-order valence-corrected chi connectivity index (χ0v) is 16.0. The third-order valence-corrected chi connectivity index (χ3v) is 7.59. The Hall–Kier alpha value is -1.77. The molecule has 0 spiro atoms. The highest BCUT2D eigenvalue weighted by Gasteiger charge is 2.33. The minimum absolute atomic E-state index is 0.0613. The van der Waals surface area contributed by atoms with Crippen molar-refractivity contribution in [2.75, 3.05) is 13.1 Å². The second-order valence-electron chi connectivity index (χ2n) is 6.35. The zero-order chi connectivity index (χ0) is 18.7. The Morgan fingerprint density at radius 2 is 1.92 bits per heavy atom. The smallest absolute Gasteiger partial charge is 0.245 e. The number of amides is 1. The Balaban J connectivity index is 1.60. The molecule has 140 valence electrons. The first-order valence-corrected chi connectivity index (χ1v) is 10.8. The van der Waals surface area contributed by atoms with Crippen LogP contribution in [0.15, 0.2) is 46.7 Å². The van der Waals surface area contributed by atoms with E-state index in [-0.39, 0.29) is 35.9 Å². The van der Waals surface area contributed by atoms with Crippen molar-refractivity contribution < 1.29 is 17.6 Å². The average molecular weight is 397 g/mol. The van der Waals surface area contributed by atoms with Crippen LogP contribution in [0, 0.1) is 11.7 Å². The maximum absolute atomic E-state index is 13.9. The molecule has 26 heavy (non-hydrogen) atoms. The molecule has 1 N–H and O–H groups in total. The number of halogens is 1. The van der Waals surface area contributed by atoms with Crippen LogP contribution in [0.4, 0.5) is 4.39 Å². The molecule has 1 aromatic heterocycles. The van der Waals surface area contributed by atoms with Gasteiger partial charge in [0.1, 0.15) is 10.7 Å². The standard InChI is InChI=1S/C18H21FN2O3S2/c1-13(16-6-4-12-25-16)20-18(22)14-8-10-21(11-9-14)26(23,24)17-7-3-2-5-15(17)19/h2-7,12-14H,8-11H2,1H3,(H,20,22)/t13-/m0/s1.